The minimum atomic E-state index is -0.133. The molecule has 2 heterocycles. The maximum Gasteiger partial charge on any atom is 0.247 e. The largest absolute Gasteiger partial charge is 0.339 e. The highest BCUT2D eigenvalue weighted by atomic mass is 35.5. The summed E-state index contributed by atoms with van der Waals surface area (Å²) in [7, 11) is 0. The van der Waals surface area contributed by atoms with Crippen LogP contribution in [0.15, 0.2) is 77.7 Å². The second kappa shape index (κ2) is 9.80. The van der Waals surface area contributed by atoms with Crippen molar-refractivity contribution in [2.75, 3.05) is 13.1 Å². The first-order chi connectivity index (χ1) is 15.1. The summed E-state index contributed by atoms with van der Waals surface area (Å²) < 4.78 is 0. The zero-order valence-corrected chi connectivity index (χ0v) is 18.0. The Balaban J connectivity index is 1.37. The van der Waals surface area contributed by atoms with Gasteiger partial charge in [0.05, 0.1) is 0 Å². The molecule has 1 fully saturated rings. The Labute approximate surface area is 187 Å². The molecule has 1 aliphatic heterocycles. The van der Waals surface area contributed by atoms with Crippen LogP contribution >= 0.6 is 11.6 Å². The zero-order valence-electron chi connectivity index (χ0n) is 17.3. The van der Waals surface area contributed by atoms with Crippen molar-refractivity contribution in [2.24, 2.45) is 5.92 Å². The molecule has 158 valence electrons. The molecular formula is C26H25ClN2O2. The number of halogens is 1. The van der Waals surface area contributed by atoms with E-state index in [0.717, 1.165) is 54.1 Å². The van der Waals surface area contributed by atoms with E-state index in [4.69, 9.17) is 11.6 Å². The van der Waals surface area contributed by atoms with Crippen LogP contribution < -0.4 is 5.56 Å². The molecule has 0 spiro atoms. The highest BCUT2D eigenvalue weighted by Gasteiger charge is 2.21. The van der Waals surface area contributed by atoms with Crippen molar-refractivity contribution < 1.29 is 4.79 Å². The van der Waals surface area contributed by atoms with Gasteiger partial charge in [-0.15, -0.1) is 0 Å². The summed E-state index contributed by atoms with van der Waals surface area (Å²) in [6.07, 6.45) is 8.27. The summed E-state index contributed by atoms with van der Waals surface area (Å²) in [4.78, 5) is 28.7. The van der Waals surface area contributed by atoms with Crippen LogP contribution in [0.5, 0.6) is 0 Å². The van der Waals surface area contributed by atoms with Crippen molar-refractivity contribution >= 4 is 23.6 Å². The van der Waals surface area contributed by atoms with E-state index in [2.05, 4.69) is 17.1 Å². The molecule has 4 nitrogen and oxygen atoms in total. The first-order valence-corrected chi connectivity index (χ1v) is 11.0. The summed E-state index contributed by atoms with van der Waals surface area (Å²) in [5.74, 6) is 0.636. The van der Waals surface area contributed by atoms with Gasteiger partial charge in [-0.3, -0.25) is 9.59 Å². The van der Waals surface area contributed by atoms with Gasteiger partial charge in [0.2, 0.25) is 11.5 Å². The second-order valence-corrected chi connectivity index (χ2v) is 8.40. The lowest BCUT2D eigenvalue weighted by Crippen LogP contribution is -2.37. The van der Waals surface area contributed by atoms with Gasteiger partial charge in [-0.1, -0.05) is 48.0 Å². The Bertz CT molecular complexity index is 1110. The Hall–Kier alpha value is -3.11. The van der Waals surface area contributed by atoms with E-state index in [1.807, 2.05) is 47.4 Å². The maximum absolute atomic E-state index is 12.7. The van der Waals surface area contributed by atoms with E-state index < -0.39 is 0 Å². The van der Waals surface area contributed by atoms with E-state index >= 15 is 0 Å². The van der Waals surface area contributed by atoms with Crippen molar-refractivity contribution in [1.82, 2.24) is 9.88 Å². The van der Waals surface area contributed by atoms with E-state index in [9.17, 15) is 9.59 Å². The molecule has 0 unspecified atom stereocenters. The van der Waals surface area contributed by atoms with Crippen LogP contribution in [0.25, 0.3) is 17.2 Å². The van der Waals surface area contributed by atoms with Gasteiger partial charge < -0.3 is 9.88 Å². The number of piperidine rings is 1. The molecule has 0 saturated carbocycles. The predicted octanol–water partition coefficient (Wildman–Crippen LogP) is 5.19. The summed E-state index contributed by atoms with van der Waals surface area (Å²) in [6.45, 7) is 1.56. The maximum atomic E-state index is 12.7. The first kappa shape index (κ1) is 21.1. The fourth-order valence-electron chi connectivity index (χ4n) is 4.06. The molecule has 5 heteroatoms. The summed E-state index contributed by atoms with van der Waals surface area (Å²) in [5, 5.41) is 0.762. The molecule has 31 heavy (non-hydrogen) atoms. The third-order valence-electron chi connectivity index (χ3n) is 5.83. The third-order valence-corrected chi connectivity index (χ3v) is 6.08. The molecule has 4 rings (SSSR count). The molecular weight excluding hydrogens is 408 g/mol. The first-order valence-electron chi connectivity index (χ1n) is 10.6. The normalized spacial score (nSPS) is 14.8. The van der Waals surface area contributed by atoms with Crippen molar-refractivity contribution in [3.63, 3.8) is 0 Å². The third kappa shape index (κ3) is 5.53. The zero-order chi connectivity index (χ0) is 21.6. The minimum absolute atomic E-state index is 0.0428. The lowest BCUT2D eigenvalue weighted by molar-refractivity contribution is -0.127. The number of likely N-dealkylation sites (tertiary alicyclic amines) is 1. The number of rotatable bonds is 5. The van der Waals surface area contributed by atoms with Crippen LogP contribution in [0.1, 0.15) is 24.0 Å². The summed E-state index contributed by atoms with van der Waals surface area (Å²) in [5.41, 5.74) is 4.00. The highest BCUT2D eigenvalue weighted by Crippen LogP contribution is 2.25. The van der Waals surface area contributed by atoms with Crippen LogP contribution in [-0.2, 0) is 11.2 Å². The van der Waals surface area contributed by atoms with Crippen LogP contribution in [0.3, 0.4) is 0 Å². The smallest absolute Gasteiger partial charge is 0.247 e. The van der Waals surface area contributed by atoms with Crippen molar-refractivity contribution in [3.05, 3.63) is 99.4 Å². The monoisotopic (exact) mass is 432 g/mol. The molecule has 0 bridgehead atoms. The van der Waals surface area contributed by atoms with E-state index in [1.165, 1.54) is 11.6 Å². The number of benzene rings is 2. The molecule has 1 N–H and O–H groups in total. The molecule has 1 aliphatic rings. The number of hydrogen-bond acceptors (Lipinski definition) is 2. The number of hydrogen-bond donors (Lipinski definition) is 1. The number of aromatic amines is 1. The van der Waals surface area contributed by atoms with Gasteiger partial charge in [-0.05, 0) is 71.7 Å². The van der Waals surface area contributed by atoms with Crippen molar-refractivity contribution in [3.8, 4) is 11.1 Å². The van der Waals surface area contributed by atoms with Gasteiger partial charge >= 0.3 is 0 Å². The minimum Gasteiger partial charge on any atom is -0.339 e. The number of carbonyl (C=O) groups excluding carboxylic acids is 1. The number of pyridine rings is 1. The Morgan fingerprint density at radius 1 is 1.03 bits per heavy atom. The molecule has 0 atom stereocenters. The van der Waals surface area contributed by atoms with E-state index in [0.29, 0.717) is 5.92 Å². The van der Waals surface area contributed by atoms with Crippen molar-refractivity contribution in [1.29, 1.82) is 0 Å². The molecule has 1 saturated heterocycles. The lowest BCUT2D eigenvalue weighted by atomic mass is 9.90. The summed E-state index contributed by atoms with van der Waals surface area (Å²) in [6, 6.07) is 19.2. The van der Waals surface area contributed by atoms with Crippen LogP contribution in [0.4, 0.5) is 0 Å². The SMILES string of the molecule is O=C(/C=C/c1ccccc1-c1ccc(=O)[nH]c1)N1CCC(Cc2ccc(Cl)cc2)CC1. The van der Waals surface area contributed by atoms with Crippen LogP contribution in [0.2, 0.25) is 5.02 Å². The number of aromatic nitrogens is 1. The standard InChI is InChI=1S/C26H25ClN2O2/c27-23-9-5-19(6-10-23)17-20-13-15-29(16-14-20)26(31)12-8-21-3-1-2-4-24(21)22-7-11-25(30)28-18-22/h1-12,18,20H,13-17H2,(H,28,30)/b12-8+. The number of nitrogens with zero attached hydrogens (tertiary/aromatic N) is 1. The van der Waals surface area contributed by atoms with Crippen molar-refractivity contribution in [2.45, 2.75) is 19.3 Å². The quantitative estimate of drug-likeness (QED) is 0.564. The van der Waals surface area contributed by atoms with Gasteiger partial charge in [-0.2, -0.15) is 0 Å². The fourth-order valence-corrected chi connectivity index (χ4v) is 4.19. The number of carbonyl (C=O) groups is 1. The van der Waals surface area contributed by atoms with Crippen LogP contribution in [0, 0.1) is 5.92 Å². The Morgan fingerprint density at radius 2 is 1.77 bits per heavy atom. The molecule has 3 aromatic rings. The number of amides is 1. The topological polar surface area (TPSA) is 53.2 Å². The van der Waals surface area contributed by atoms with E-state index in [-0.39, 0.29) is 11.5 Å². The molecule has 2 aromatic carbocycles. The molecule has 1 amide bonds. The Kier molecular flexibility index (Phi) is 6.68. The van der Waals surface area contributed by atoms with Crippen LogP contribution in [-0.4, -0.2) is 28.9 Å². The molecule has 0 radical (unpaired) electrons. The second-order valence-electron chi connectivity index (χ2n) is 7.96. The average Bonchev–Trinajstić information content (AvgIpc) is 2.80. The molecule has 1 aromatic heterocycles. The van der Waals surface area contributed by atoms with E-state index in [1.54, 1.807) is 18.3 Å². The lowest BCUT2D eigenvalue weighted by Gasteiger charge is -2.31. The molecule has 0 aliphatic carbocycles. The number of nitrogens with one attached hydrogen (secondary N) is 1. The summed E-state index contributed by atoms with van der Waals surface area (Å²) >= 11 is 5.97. The van der Waals surface area contributed by atoms with Gasteiger partial charge in [-0.25, -0.2) is 0 Å². The fraction of sp³-hybridized carbons (Fsp3) is 0.231. The van der Waals surface area contributed by atoms with Gasteiger partial charge in [0, 0.05) is 36.5 Å². The highest BCUT2D eigenvalue weighted by molar-refractivity contribution is 6.30. The predicted molar refractivity (Wildman–Crippen MR) is 126 cm³/mol. The Morgan fingerprint density at radius 3 is 2.48 bits per heavy atom. The van der Waals surface area contributed by atoms with Gasteiger partial charge in [0.1, 0.15) is 0 Å². The number of H-pyrrole nitrogens is 1. The average molecular weight is 433 g/mol. The van der Waals surface area contributed by atoms with Gasteiger partial charge in [0.25, 0.3) is 0 Å². The van der Waals surface area contributed by atoms with Gasteiger partial charge in [0.15, 0.2) is 0 Å².